The van der Waals surface area contributed by atoms with E-state index in [9.17, 15) is 14.7 Å². The standard InChI is InChI=1S/C13H18N2O4S/c16-11(17)13(4-7-19-8-5-13)15-12(18)14-6-3-10-2-1-9-20-10/h1-2,9H,3-8H2,(H,16,17)(H2,14,15,18). The number of carboxylic acids is 1. The third kappa shape index (κ3) is 3.71. The fraction of sp³-hybridized carbons (Fsp3) is 0.538. The average molecular weight is 298 g/mol. The van der Waals surface area contributed by atoms with Gasteiger partial charge in [-0.1, -0.05) is 6.07 Å². The summed E-state index contributed by atoms with van der Waals surface area (Å²) in [4.78, 5) is 24.4. The van der Waals surface area contributed by atoms with Gasteiger partial charge in [0.05, 0.1) is 0 Å². The number of carbonyl (C=O) groups excluding carboxylic acids is 1. The maximum Gasteiger partial charge on any atom is 0.329 e. The van der Waals surface area contributed by atoms with Crippen molar-refractivity contribution in [1.29, 1.82) is 0 Å². The summed E-state index contributed by atoms with van der Waals surface area (Å²) in [5.74, 6) is -1.01. The summed E-state index contributed by atoms with van der Waals surface area (Å²) >= 11 is 1.63. The first-order chi connectivity index (χ1) is 9.62. The number of hydrogen-bond acceptors (Lipinski definition) is 4. The highest BCUT2D eigenvalue weighted by Gasteiger charge is 2.41. The van der Waals surface area contributed by atoms with Gasteiger partial charge in [0, 0.05) is 37.5 Å². The molecule has 2 rings (SSSR count). The van der Waals surface area contributed by atoms with Gasteiger partial charge >= 0.3 is 12.0 Å². The van der Waals surface area contributed by atoms with Gasteiger partial charge in [-0.2, -0.15) is 0 Å². The highest BCUT2D eigenvalue weighted by Crippen LogP contribution is 2.20. The summed E-state index contributed by atoms with van der Waals surface area (Å²) < 4.78 is 5.15. The molecule has 6 nitrogen and oxygen atoms in total. The van der Waals surface area contributed by atoms with Crippen molar-refractivity contribution >= 4 is 23.3 Å². The number of hydrogen-bond donors (Lipinski definition) is 3. The van der Waals surface area contributed by atoms with Crippen LogP contribution in [0.2, 0.25) is 0 Å². The van der Waals surface area contributed by atoms with Crippen molar-refractivity contribution in [2.24, 2.45) is 0 Å². The molecule has 7 heteroatoms. The Kier molecular flexibility index (Phi) is 4.97. The van der Waals surface area contributed by atoms with E-state index in [4.69, 9.17) is 4.74 Å². The van der Waals surface area contributed by atoms with Crippen LogP contribution in [0.15, 0.2) is 17.5 Å². The second-order valence-corrected chi connectivity index (χ2v) is 5.74. The van der Waals surface area contributed by atoms with E-state index in [1.165, 1.54) is 4.88 Å². The molecular formula is C13H18N2O4S. The highest BCUT2D eigenvalue weighted by atomic mass is 32.1. The van der Waals surface area contributed by atoms with Crippen molar-refractivity contribution in [2.45, 2.75) is 24.8 Å². The number of carboxylic acid groups (broad SMARTS) is 1. The molecule has 2 heterocycles. The fourth-order valence-corrected chi connectivity index (χ4v) is 2.84. The molecule has 0 spiro atoms. The lowest BCUT2D eigenvalue weighted by Gasteiger charge is -2.33. The summed E-state index contributed by atoms with van der Waals surface area (Å²) in [5, 5.41) is 16.6. The minimum Gasteiger partial charge on any atom is -0.480 e. The summed E-state index contributed by atoms with van der Waals surface area (Å²) in [6.45, 7) is 1.18. The Morgan fingerprint density at radius 3 is 2.75 bits per heavy atom. The number of aliphatic carboxylic acids is 1. The van der Waals surface area contributed by atoms with Gasteiger partial charge in [-0.3, -0.25) is 0 Å². The summed E-state index contributed by atoms with van der Waals surface area (Å²) in [7, 11) is 0. The Bertz CT molecular complexity index is 455. The predicted molar refractivity (Wildman–Crippen MR) is 75.0 cm³/mol. The average Bonchev–Trinajstić information content (AvgIpc) is 2.93. The summed E-state index contributed by atoms with van der Waals surface area (Å²) in [6.07, 6.45) is 1.33. The van der Waals surface area contributed by atoms with E-state index in [1.54, 1.807) is 11.3 Å². The van der Waals surface area contributed by atoms with Gasteiger partial charge in [-0.05, 0) is 17.9 Å². The Hall–Kier alpha value is -1.60. The molecule has 0 radical (unpaired) electrons. The van der Waals surface area contributed by atoms with Crippen LogP contribution < -0.4 is 10.6 Å². The van der Waals surface area contributed by atoms with Crippen LogP contribution in [0.1, 0.15) is 17.7 Å². The molecular weight excluding hydrogens is 280 g/mol. The largest absolute Gasteiger partial charge is 0.480 e. The number of carbonyl (C=O) groups is 2. The quantitative estimate of drug-likeness (QED) is 0.763. The van der Waals surface area contributed by atoms with Crippen molar-refractivity contribution in [2.75, 3.05) is 19.8 Å². The number of amides is 2. The van der Waals surface area contributed by atoms with Gasteiger partial charge in [0.15, 0.2) is 0 Å². The Morgan fingerprint density at radius 2 is 2.15 bits per heavy atom. The molecule has 0 atom stereocenters. The van der Waals surface area contributed by atoms with E-state index in [2.05, 4.69) is 10.6 Å². The third-order valence-electron chi connectivity index (χ3n) is 3.35. The second kappa shape index (κ2) is 6.71. The van der Waals surface area contributed by atoms with Crippen LogP contribution in [0.3, 0.4) is 0 Å². The van der Waals surface area contributed by atoms with Gasteiger partial charge in [0.2, 0.25) is 0 Å². The zero-order chi connectivity index (χ0) is 14.4. The number of thiophene rings is 1. The van der Waals surface area contributed by atoms with Gasteiger partial charge < -0.3 is 20.5 Å². The highest BCUT2D eigenvalue weighted by molar-refractivity contribution is 7.09. The molecule has 0 unspecified atom stereocenters. The SMILES string of the molecule is O=C(NCCc1cccs1)NC1(C(=O)O)CCOCC1. The zero-order valence-electron chi connectivity index (χ0n) is 11.1. The predicted octanol–water partition coefficient (Wildman–Crippen LogP) is 1.22. The Labute approximate surface area is 121 Å². The van der Waals surface area contributed by atoms with Crippen LogP contribution in [0.25, 0.3) is 0 Å². The smallest absolute Gasteiger partial charge is 0.329 e. The first-order valence-corrected chi connectivity index (χ1v) is 7.40. The van der Waals surface area contributed by atoms with Crippen molar-refractivity contribution < 1.29 is 19.4 Å². The number of urea groups is 1. The first kappa shape index (κ1) is 14.8. The lowest BCUT2D eigenvalue weighted by Crippen LogP contribution is -2.59. The van der Waals surface area contributed by atoms with Gasteiger partial charge in [0.1, 0.15) is 5.54 Å². The molecule has 1 aliphatic heterocycles. The van der Waals surface area contributed by atoms with Crippen molar-refractivity contribution in [1.82, 2.24) is 10.6 Å². The molecule has 1 saturated heterocycles. The maximum atomic E-state index is 11.8. The van der Waals surface area contributed by atoms with Crippen LogP contribution >= 0.6 is 11.3 Å². The van der Waals surface area contributed by atoms with Gasteiger partial charge in [-0.25, -0.2) is 9.59 Å². The zero-order valence-corrected chi connectivity index (χ0v) is 11.9. The molecule has 0 aliphatic carbocycles. The van der Waals surface area contributed by atoms with Crippen LogP contribution in [-0.4, -0.2) is 42.4 Å². The lowest BCUT2D eigenvalue weighted by atomic mass is 9.90. The molecule has 1 aliphatic rings. The molecule has 1 aromatic heterocycles. The van der Waals surface area contributed by atoms with E-state index in [1.807, 2.05) is 17.5 Å². The number of ether oxygens (including phenoxy) is 1. The van der Waals surface area contributed by atoms with E-state index in [-0.39, 0.29) is 0 Å². The van der Waals surface area contributed by atoms with Gasteiger partial charge in [0.25, 0.3) is 0 Å². The third-order valence-corrected chi connectivity index (χ3v) is 4.28. The molecule has 1 fully saturated rings. The summed E-state index contributed by atoms with van der Waals surface area (Å²) in [5.41, 5.74) is -1.20. The van der Waals surface area contributed by atoms with Crippen molar-refractivity contribution in [3.05, 3.63) is 22.4 Å². The molecule has 0 aromatic carbocycles. The van der Waals surface area contributed by atoms with Crippen molar-refractivity contribution in [3.8, 4) is 0 Å². The van der Waals surface area contributed by atoms with Crippen LogP contribution in [0.5, 0.6) is 0 Å². The molecule has 110 valence electrons. The monoisotopic (exact) mass is 298 g/mol. The number of nitrogens with one attached hydrogen (secondary N) is 2. The van der Waals surface area contributed by atoms with Crippen LogP contribution in [0.4, 0.5) is 4.79 Å². The van der Waals surface area contributed by atoms with E-state index < -0.39 is 17.5 Å². The Morgan fingerprint density at radius 1 is 1.40 bits per heavy atom. The van der Waals surface area contributed by atoms with Crippen molar-refractivity contribution in [3.63, 3.8) is 0 Å². The van der Waals surface area contributed by atoms with E-state index in [0.29, 0.717) is 32.6 Å². The molecule has 1 aromatic rings. The molecule has 2 amide bonds. The normalized spacial score (nSPS) is 17.4. The minimum atomic E-state index is -1.20. The molecule has 0 bridgehead atoms. The van der Waals surface area contributed by atoms with Gasteiger partial charge in [-0.15, -0.1) is 11.3 Å². The molecule has 3 N–H and O–H groups in total. The van der Waals surface area contributed by atoms with Crippen LogP contribution in [0, 0.1) is 0 Å². The van der Waals surface area contributed by atoms with Crippen LogP contribution in [-0.2, 0) is 16.0 Å². The lowest BCUT2D eigenvalue weighted by molar-refractivity contribution is -0.148. The Balaban J connectivity index is 1.81. The number of rotatable bonds is 5. The van der Waals surface area contributed by atoms with E-state index in [0.717, 1.165) is 6.42 Å². The van der Waals surface area contributed by atoms with E-state index >= 15 is 0 Å². The second-order valence-electron chi connectivity index (χ2n) is 4.71. The molecule has 0 saturated carbocycles. The first-order valence-electron chi connectivity index (χ1n) is 6.52. The molecule has 20 heavy (non-hydrogen) atoms. The minimum absolute atomic E-state index is 0.292. The topological polar surface area (TPSA) is 87.7 Å². The fourth-order valence-electron chi connectivity index (χ4n) is 2.13. The maximum absolute atomic E-state index is 11.8. The summed E-state index contributed by atoms with van der Waals surface area (Å²) in [6, 6.07) is 3.52.